The summed E-state index contributed by atoms with van der Waals surface area (Å²) >= 11 is 0. The highest BCUT2D eigenvalue weighted by atomic mass is 16.5. The molecule has 0 saturated heterocycles. The molecular weight excluding hydrogens is 234 g/mol. The van der Waals surface area contributed by atoms with Gasteiger partial charge in [0.05, 0.1) is 0 Å². The first-order valence-electron chi connectivity index (χ1n) is 6.01. The number of imide groups is 1. The van der Waals surface area contributed by atoms with Gasteiger partial charge in [0, 0.05) is 18.7 Å². The molecule has 0 saturated carbocycles. The smallest absolute Gasteiger partial charge is 0.324 e. The molecular formula is C12H19N3O3. The van der Waals surface area contributed by atoms with Crippen LogP contribution in [0.2, 0.25) is 0 Å². The van der Waals surface area contributed by atoms with E-state index in [0.717, 1.165) is 6.42 Å². The van der Waals surface area contributed by atoms with E-state index in [2.05, 4.69) is 10.5 Å². The van der Waals surface area contributed by atoms with Crippen molar-refractivity contribution in [3.63, 3.8) is 0 Å². The number of hydrogen-bond acceptors (Lipinski definition) is 4. The number of rotatable bonds is 4. The van der Waals surface area contributed by atoms with Crippen molar-refractivity contribution in [2.45, 2.75) is 40.2 Å². The Morgan fingerprint density at radius 3 is 2.61 bits per heavy atom. The van der Waals surface area contributed by atoms with Crippen molar-refractivity contribution in [3.8, 4) is 0 Å². The summed E-state index contributed by atoms with van der Waals surface area (Å²) in [6.45, 7) is 8.07. The molecule has 0 bridgehead atoms. The highest BCUT2D eigenvalue weighted by Gasteiger charge is 2.20. The van der Waals surface area contributed by atoms with Crippen LogP contribution in [0.1, 0.15) is 43.4 Å². The van der Waals surface area contributed by atoms with Gasteiger partial charge in [-0.15, -0.1) is 0 Å². The molecule has 6 heteroatoms. The zero-order valence-electron chi connectivity index (χ0n) is 11.2. The molecule has 0 spiro atoms. The fourth-order valence-corrected chi connectivity index (χ4v) is 1.54. The Labute approximate surface area is 106 Å². The summed E-state index contributed by atoms with van der Waals surface area (Å²) in [4.78, 5) is 25.2. The van der Waals surface area contributed by atoms with Crippen LogP contribution in [0.25, 0.3) is 0 Å². The van der Waals surface area contributed by atoms with Crippen molar-refractivity contribution in [2.75, 3.05) is 6.54 Å². The van der Waals surface area contributed by atoms with Crippen LogP contribution in [0.3, 0.4) is 0 Å². The topological polar surface area (TPSA) is 75.4 Å². The number of carbonyl (C=O) groups excluding carboxylic acids is 2. The van der Waals surface area contributed by atoms with Gasteiger partial charge in [-0.2, -0.15) is 0 Å². The van der Waals surface area contributed by atoms with Crippen LogP contribution in [-0.4, -0.2) is 34.6 Å². The average Bonchev–Trinajstić information content (AvgIpc) is 2.72. The maximum atomic E-state index is 11.9. The number of aryl methyl sites for hydroxylation is 1. The molecule has 0 aromatic carbocycles. The zero-order chi connectivity index (χ0) is 13.7. The Balaban J connectivity index is 2.65. The van der Waals surface area contributed by atoms with Crippen LogP contribution in [0.5, 0.6) is 0 Å². The summed E-state index contributed by atoms with van der Waals surface area (Å²) in [5, 5.41) is 5.86. The molecule has 0 aliphatic rings. The lowest BCUT2D eigenvalue weighted by Gasteiger charge is -2.25. The van der Waals surface area contributed by atoms with Crippen molar-refractivity contribution in [2.24, 2.45) is 0 Å². The number of nitrogens with one attached hydrogen (secondary N) is 1. The molecule has 1 aromatic heterocycles. The van der Waals surface area contributed by atoms with E-state index in [1.165, 1.54) is 6.07 Å². The van der Waals surface area contributed by atoms with E-state index in [1.54, 1.807) is 11.8 Å². The van der Waals surface area contributed by atoms with Crippen molar-refractivity contribution in [1.82, 2.24) is 15.4 Å². The van der Waals surface area contributed by atoms with Crippen molar-refractivity contribution < 1.29 is 14.1 Å². The molecule has 0 aliphatic heterocycles. The highest BCUT2D eigenvalue weighted by Crippen LogP contribution is 2.03. The zero-order valence-corrected chi connectivity index (χ0v) is 11.2. The van der Waals surface area contributed by atoms with Gasteiger partial charge in [-0.1, -0.05) is 12.1 Å². The van der Waals surface area contributed by atoms with Crippen molar-refractivity contribution in [3.05, 3.63) is 17.5 Å². The highest BCUT2D eigenvalue weighted by molar-refractivity contribution is 6.03. The predicted octanol–water partition coefficient (Wildman–Crippen LogP) is 1.95. The quantitative estimate of drug-likeness (QED) is 0.889. The molecule has 1 heterocycles. The second kappa shape index (κ2) is 6.18. The van der Waals surface area contributed by atoms with Gasteiger partial charge in [0.25, 0.3) is 5.91 Å². The number of amides is 3. The monoisotopic (exact) mass is 253 g/mol. The van der Waals surface area contributed by atoms with E-state index < -0.39 is 11.9 Å². The van der Waals surface area contributed by atoms with E-state index in [1.807, 2.05) is 20.8 Å². The minimum Gasteiger partial charge on any atom is -0.361 e. The minimum atomic E-state index is -0.543. The van der Waals surface area contributed by atoms with Crippen LogP contribution >= 0.6 is 0 Å². The SMILES string of the molecule is CCCN(C(=O)NC(=O)c1cc(C)on1)C(C)C. The Morgan fingerprint density at radius 1 is 1.50 bits per heavy atom. The van der Waals surface area contributed by atoms with Crippen LogP contribution in [-0.2, 0) is 0 Å². The molecule has 6 nitrogen and oxygen atoms in total. The van der Waals surface area contributed by atoms with Gasteiger partial charge < -0.3 is 9.42 Å². The largest absolute Gasteiger partial charge is 0.361 e. The van der Waals surface area contributed by atoms with E-state index in [0.29, 0.717) is 12.3 Å². The fourth-order valence-electron chi connectivity index (χ4n) is 1.54. The molecule has 100 valence electrons. The molecule has 1 aromatic rings. The number of urea groups is 1. The van der Waals surface area contributed by atoms with E-state index in [-0.39, 0.29) is 11.7 Å². The summed E-state index contributed by atoms with van der Waals surface area (Å²) in [6, 6.07) is 1.12. The number of aromatic nitrogens is 1. The van der Waals surface area contributed by atoms with Gasteiger partial charge >= 0.3 is 6.03 Å². The van der Waals surface area contributed by atoms with Crippen LogP contribution in [0, 0.1) is 6.92 Å². The van der Waals surface area contributed by atoms with Gasteiger partial charge in [-0.25, -0.2) is 4.79 Å². The standard InChI is InChI=1S/C12H19N3O3/c1-5-6-15(8(2)3)12(17)13-11(16)10-7-9(4)18-14-10/h7-8H,5-6H2,1-4H3,(H,13,16,17). The first-order valence-corrected chi connectivity index (χ1v) is 6.01. The minimum absolute atomic E-state index is 0.0387. The third kappa shape index (κ3) is 3.58. The van der Waals surface area contributed by atoms with Crippen LogP contribution in [0.15, 0.2) is 10.6 Å². The first kappa shape index (κ1) is 14.2. The lowest BCUT2D eigenvalue weighted by atomic mass is 10.3. The Bertz CT molecular complexity index is 426. The van der Waals surface area contributed by atoms with E-state index >= 15 is 0 Å². The van der Waals surface area contributed by atoms with Crippen molar-refractivity contribution in [1.29, 1.82) is 0 Å². The lowest BCUT2D eigenvalue weighted by Crippen LogP contribution is -2.46. The van der Waals surface area contributed by atoms with Crippen LogP contribution in [0.4, 0.5) is 4.79 Å². The Kier molecular flexibility index (Phi) is 4.88. The molecule has 1 N–H and O–H groups in total. The summed E-state index contributed by atoms with van der Waals surface area (Å²) in [5.74, 6) is -0.0134. The summed E-state index contributed by atoms with van der Waals surface area (Å²) < 4.78 is 4.79. The average molecular weight is 253 g/mol. The third-order valence-corrected chi connectivity index (χ3v) is 2.43. The second-order valence-corrected chi connectivity index (χ2v) is 4.37. The number of carbonyl (C=O) groups is 2. The Morgan fingerprint density at radius 2 is 2.17 bits per heavy atom. The summed E-state index contributed by atoms with van der Waals surface area (Å²) in [6.07, 6.45) is 0.836. The maximum absolute atomic E-state index is 11.9. The molecule has 18 heavy (non-hydrogen) atoms. The van der Waals surface area contributed by atoms with Crippen LogP contribution < -0.4 is 5.32 Å². The first-order chi connectivity index (χ1) is 8.45. The molecule has 3 amide bonds. The Hall–Kier alpha value is -1.85. The molecule has 0 radical (unpaired) electrons. The predicted molar refractivity (Wildman–Crippen MR) is 66.2 cm³/mol. The van der Waals surface area contributed by atoms with Gasteiger partial charge in [0.1, 0.15) is 5.76 Å². The molecule has 0 unspecified atom stereocenters. The molecule has 0 fully saturated rings. The van der Waals surface area contributed by atoms with E-state index in [9.17, 15) is 9.59 Å². The summed E-state index contributed by atoms with van der Waals surface area (Å²) in [7, 11) is 0. The molecule has 1 rings (SSSR count). The second-order valence-electron chi connectivity index (χ2n) is 4.37. The van der Waals surface area contributed by atoms with Gasteiger partial charge in [-0.3, -0.25) is 10.1 Å². The van der Waals surface area contributed by atoms with Crippen molar-refractivity contribution >= 4 is 11.9 Å². The summed E-state index contributed by atoms with van der Waals surface area (Å²) in [5.41, 5.74) is 0.112. The normalized spacial score (nSPS) is 10.5. The fraction of sp³-hybridized carbons (Fsp3) is 0.583. The van der Waals surface area contributed by atoms with E-state index in [4.69, 9.17) is 4.52 Å². The molecule has 0 aliphatic carbocycles. The lowest BCUT2D eigenvalue weighted by molar-refractivity contribution is 0.0938. The maximum Gasteiger partial charge on any atom is 0.324 e. The van der Waals surface area contributed by atoms with Gasteiger partial charge in [-0.05, 0) is 27.2 Å². The molecule has 0 atom stereocenters. The van der Waals surface area contributed by atoms with Gasteiger partial charge in [0.2, 0.25) is 0 Å². The third-order valence-electron chi connectivity index (χ3n) is 2.43. The van der Waals surface area contributed by atoms with Gasteiger partial charge in [0.15, 0.2) is 5.69 Å². The number of hydrogen-bond donors (Lipinski definition) is 1. The number of nitrogens with zero attached hydrogens (tertiary/aromatic N) is 2.